The third kappa shape index (κ3) is 7.59. The fourth-order valence-electron chi connectivity index (χ4n) is 4.25. The molecule has 5 aromatic rings. The molecule has 0 aliphatic carbocycles. The van der Waals surface area contributed by atoms with Gasteiger partial charge in [-0.25, -0.2) is 8.78 Å². The van der Waals surface area contributed by atoms with Crippen LogP contribution in [0.3, 0.4) is 0 Å². The Hall–Kier alpha value is -4.78. The highest BCUT2D eigenvalue weighted by Gasteiger charge is 2.17. The molecule has 0 fully saturated rings. The number of ether oxygens (including phenoxy) is 2. The van der Waals surface area contributed by atoms with Crippen LogP contribution in [0.4, 0.5) is 20.2 Å². The lowest BCUT2D eigenvalue weighted by atomic mass is 10.2. The second-order valence-corrected chi connectivity index (χ2v) is 10.8. The lowest BCUT2D eigenvalue weighted by Gasteiger charge is -2.17. The van der Waals surface area contributed by atoms with E-state index in [1.807, 2.05) is 24.4 Å². The number of amides is 2. The van der Waals surface area contributed by atoms with Gasteiger partial charge in [0.1, 0.15) is 18.0 Å². The summed E-state index contributed by atoms with van der Waals surface area (Å²) >= 11 is 1.43. The zero-order chi connectivity index (χ0) is 31.1. The molecule has 44 heavy (non-hydrogen) atoms. The largest absolute Gasteiger partial charge is 0.453 e. The van der Waals surface area contributed by atoms with Gasteiger partial charge in [-0.2, -0.15) is 0 Å². The van der Waals surface area contributed by atoms with Gasteiger partial charge in [-0.05, 0) is 54.1 Å². The summed E-state index contributed by atoms with van der Waals surface area (Å²) in [6.07, 6.45) is 2.93. The average molecular weight is 618 g/mol. The summed E-state index contributed by atoms with van der Waals surface area (Å²) in [6, 6.07) is 16.8. The number of aromatic nitrogens is 2. The second-order valence-electron chi connectivity index (χ2n) is 9.76. The highest BCUT2D eigenvalue weighted by Crippen LogP contribution is 2.39. The topological polar surface area (TPSA) is 106 Å². The number of anilines is 2. The minimum Gasteiger partial charge on any atom is -0.453 e. The van der Waals surface area contributed by atoms with E-state index in [1.54, 1.807) is 19.4 Å². The van der Waals surface area contributed by atoms with Gasteiger partial charge < -0.3 is 25.0 Å². The Morgan fingerprint density at radius 3 is 2.52 bits per heavy atom. The number of benzene rings is 2. The number of hydrogen-bond acceptors (Lipinski definition) is 8. The molecule has 5 rings (SSSR count). The molecule has 0 bridgehead atoms. The van der Waals surface area contributed by atoms with Crippen molar-refractivity contribution in [2.75, 3.05) is 37.5 Å². The van der Waals surface area contributed by atoms with E-state index in [1.165, 1.54) is 59.7 Å². The van der Waals surface area contributed by atoms with Crippen molar-refractivity contribution in [2.45, 2.75) is 13.0 Å². The predicted molar refractivity (Wildman–Crippen MR) is 166 cm³/mol. The van der Waals surface area contributed by atoms with Gasteiger partial charge in [-0.3, -0.25) is 19.6 Å². The molecule has 0 saturated carbocycles. The molecule has 0 radical (unpaired) electrons. The van der Waals surface area contributed by atoms with Crippen LogP contribution < -0.4 is 20.3 Å². The van der Waals surface area contributed by atoms with Gasteiger partial charge in [0.2, 0.25) is 11.8 Å². The maximum atomic E-state index is 15.1. The number of carbonyl (C=O) groups is 2. The molecule has 0 saturated heterocycles. The number of nitrogens with one attached hydrogen (secondary N) is 2. The molecule has 0 atom stereocenters. The van der Waals surface area contributed by atoms with Crippen molar-refractivity contribution in [3.05, 3.63) is 96.3 Å². The summed E-state index contributed by atoms with van der Waals surface area (Å²) in [5, 5.41) is 5.81. The number of methoxy groups -OCH3 is 1. The van der Waals surface area contributed by atoms with E-state index in [9.17, 15) is 14.0 Å². The summed E-state index contributed by atoms with van der Waals surface area (Å²) in [7, 11) is 3.15. The van der Waals surface area contributed by atoms with Crippen molar-refractivity contribution in [3.8, 4) is 22.1 Å². The lowest BCUT2D eigenvalue weighted by molar-refractivity contribution is -0.125. The van der Waals surface area contributed by atoms with Crippen molar-refractivity contribution >= 4 is 44.7 Å². The minimum atomic E-state index is -0.698. The molecular formula is C32H29F2N5O4S. The van der Waals surface area contributed by atoms with Crippen molar-refractivity contribution in [3.63, 3.8) is 0 Å². The lowest BCUT2D eigenvalue weighted by Crippen LogP contribution is -2.30. The van der Waals surface area contributed by atoms with Crippen molar-refractivity contribution in [1.82, 2.24) is 15.3 Å². The molecule has 226 valence electrons. The number of fused-ring (bicyclic) bond motifs is 1. The van der Waals surface area contributed by atoms with E-state index in [4.69, 9.17) is 9.47 Å². The Bertz CT molecular complexity index is 1760. The molecule has 0 aliphatic rings. The van der Waals surface area contributed by atoms with Crippen LogP contribution in [-0.2, 0) is 20.9 Å². The number of halogens is 2. The Morgan fingerprint density at radius 1 is 0.977 bits per heavy atom. The Morgan fingerprint density at radius 2 is 1.80 bits per heavy atom. The molecule has 9 nitrogen and oxygen atoms in total. The van der Waals surface area contributed by atoms with Gasteiger partial charge in [-0.1, -0.05) is 6.07 Å². The van der Waals surface area contributed by atoms with Crippen LogP contribution in [0.1, 0.15) is 12.0 Å². The van der Waals surface area contributed by atoms with Gasteiger partial charge in [-0.15, -0.1) is 11.3 Å². The molecule has 3 aromatic heterocycles. The first-order valence-electron chi connectivity index (χ1n) is 13.6. The quantitative estimate of drug-likeness (QED) is 0.128. The fraction of sp³-hybridized carbons (Fsp3) is 0.188. The smallest absolute Gasteiger partial charge is 0.236 e. The van der Waals surface area contributed by atoms with Gasteiger partial charge >= 0.3 is 0 Å². The first kappa shape index (κ1) is 30.7. The SMILES string of the molecule is COCCNCc1ccc(-c2cc3nccc(Oc4ccc(NC(=O)CC(=O)N(C)c5ccc(F)cc5)cc4F)c3s2)nc1. The fourth-order valence-corrected chi connectivity index (χ4v) is 5.30. The van der Waals surface area contributed by atoms with Gasteiger partial charge in [0.05, 0.1) is 27.4 Å². The highest BCUT2D eigenvalue weighted by molar-refractivity contribution is 7.22. The second kappa shape index (κ2) is 14.1. The first-order valence-corrected chi connectivity index (χ1v) is 14.5. The van der Waals surface area contributed by atoms with Crippen molar-refractivity contribution in [2.24, 2.45) is 0 Å². The van der Waals surface area contributed by atoms with Gasteiger partial charge in [0.25, 0.3) is 0 Å². The average Bonchev–Trinajstić information content (AvgIpc) is 3.46. The van der Waals surface area contributed by atoms with E-state index < -0.39 is 29.9 Å². The van der Waals surface area contributed by atoms with Crippen LogP contribution in [0.15, 0.2) is 79.1 Å². The Kier molecular flexibility index (Phi) is 9.85. The summed E-state index contributed by atoms with van der Waals surface area (Å²) in [5.74, 6) is -1.88. The van der Waals surface area contributed by atoms with Crippen molar-refractivity contribution in [1.29, 1.82) is 0 Å². The van der Waals surface area contributed by atoms with Crippen molar-refractivity contribution < 1.29 is 27.8 Å². The van der Waals surface area contributed by atoms with E-state index in [0.717, 1.165) is 33.4 Å². The highest BCUT2D eigenvalue weighted by atomic mass is 32.1. The first-order chi connectivity index (χ1) is 21.3. The summed E-state index contributed by atoms with van der Waals surface area (Å²) in [5.41, 5.74) is 3.13. The molecule has 2 aromatic carbocycles. The number of thiophene rings is 1. The maximum Gasteiger partial charge on any atom is 0.236 e. The van der Waals surface area contributed by atoms with Crippen LogP contribution in [0.25, 0.3) is 20.8 Å². The Balaban J connectivity index is 1.22. The zero-order valence-electron chi connectivity index (χ0n) is 24.0. The van der Waals surface area contributed by atoms with Crippen LogP contribution in [0, 0.1) is 11.6 Å². The number of pyridine rings is 2. The van der Waals surface area contributed by atoms with Gasteiger partial charge in [0, 0.05) is 63.1 Å². The molecule has 2 N–H and O–H groups in total. The van der Waals surface area contributed by atoms with Crippen LogP contribution in [0.2, 0.25) is 0 Å². The molecular weight excluding hydrogens is 588 g/mol. The number of carbonyl (C=O) groups excluding carboxylic acids is 2. The molecule has 0 spiro atoms. The van der Waals surface area contributed by atoms with E-state index in [2.05, 4.69) is 20.6 Å². The van der Waals surface area contributed by atoms with E-state index in [-0.39, 0.29) is 11.4 Å². The van der Waals surface area contributed by atoms with E-state index >= 15 is 4.39 Å². The zero-order valence-corrected chi connectivity index (χ0v) is 24.8. The standard InChI is InChI=1S/C32H29F2N5O4S/c1-39(23-7-4-21(33)5-8-23)31(41)17-30(40)38-22-6-10-27(24(34)15-22)43-28-11-12-36-26-16-29(44-32(26)28)25-9-3-20(19-37-25)18-35-13-14-42-2/h3-12,15-16,19,35H,13-14,17-18H2,1-2H3,(H,38,40). The maximum absolute atomic E-state index is 15.1. The van der Waals surface area contributed by atoms with Gasteiger partial charge in [0.15, 0.2) is 11.6 Å². The summed E-state index contributed by atoms with van der Waals surface area (Å²) < 4.78 is 39.9. The molecule has 3 heterocycles. The number of nitrogens with zero attached hydrogens (tertiary/aromatic N) is 3. The summed E-state index contributed by atoms with van der Waals surface area (Å²) in [6.45, 7) is 2.07. The van der Waals surface area contributed by atoms with Crippen LogP contribution in [0.5, 0.6) is 11.5 Å². The third-order valence-corrected chi connectivity index (χ3v) is 7.76. The predicted octanol–water partition coefficient (Wildman–Crippen LogP) is 6.16. The number of hydrogen-bond donors (Lipinski definition) is 2. The van der Waals surface area contributed by atoms with E-state index in [0.29, 0.717) is 30.1 Å². The Labute approximate surface area is 256 Å². The number of rotatable bonds is 12. The normalized spacial score (nSPS) is 11.0. The van der Waals surface area contributed by atoms with Crippen LogP contribution >= 0.6 is 11.3 Å². The molecule has 0 aliphatic heterocycles. The summed E-state index contributed by atoms with van der Waals surface area (Å²) in [4.78, 5) is 36.1. The molecule has 2 amide bonds. The molecule has 12 heteroatoms. The monoisotopic (exact) mass is 617 g/mol. The minimum absolute atomic E-state index is 0.0407. The molecule has 0 unspecified atom stereocenters. The third-order valence-electron chi connectivity index (χ3n) is 6.60. The van der Waals surface area contributed by atoms with Crippen LogP contribution in [-0.4, -0.2) is 49.1 Å².